The van der Waals surface area contributed by atoms with Gasteiger partial charge in [0.15, 0.2) is 0 Å². The van der Waals surface area contributed by atoms with E-state index in [1.807, 2.05) is 0 Å². The van der Waals surface area contributed by atoms with Crippen molar-refractivity contribution in [1.29, 1.82) is 0 Å². The van der Waals surface area contributed by atoms with E-state index >= 15 is 0 Å². The quantitative estimate of drug-likeness (QED) is 0.147. The summed E-state index contributed by atoms with van der Waals surface area (Å²) in [6, 6.07) is 93.4. The first kappa shape index (κ1) is 38.4. The summed E-state index contributed by atoms with van der Waals surface area (Å²) in [5.74, 6) is 0. The van der Waals surface area contributed by atoms with Crippen LogP contribution in [0.25, 0.3) is 77.2 Å². The maximum absolute atomic E-state index is 2.43. The molecular weight excluding hydrogens is 783 g/mol. The normalized spacial score (nSPS) is 14.0. The topological polar surface area (TPSA) is 3.24 Å². The molecule has 0 amide bonds. The molecule has 0 aliphatic heterocycles. The first-order chi connectivity index (χ1) is 32.1. The highest BCUT2D eigenvalue weighted by Crippen LogP contribution is 2.56. The zero-order chi connectivity index (χ0) is 43.3. The molecule has 306 valence electrons. The van der Waals surface area contributed by atoms with Gasteiger partial charge < -0.3 is 4.90 Å². The Morgan fingerprint density at radius 3 is 1.48 bits per heavy atom. The molecule has 0 saturated carbocycles. The van der Waals surface area contributed by atoms with Crippen LogP contribution in [0, 0.1) is 0 Å². The van der Waals surface area contributed by atoms with E-state index in [4.69, 9.17) is 0 Å². The minimum Gasteiger partial charge on any atom is -0.310 e. The van der Waals surface area contributed by atoms with Crippen LogP contribution in [-0.4, -0.2) is 0 Å². The van der Waals surface area contributed by atoms with E-state index in [0.717, 1.165) is 17.1 Å². The van der Waals surface area contributed by atoms with E-state index < -0.39 is 0 Å². The molecule has 0 radical (unpaired) electrons. The molecule has 1 atom stereocenters. The van der Waals surface area contributed by atoms with Crippen LogP contribution in [0.5, 0.6) is 0 Å². The lowest BCUT2D eigenvalue weighted by Gasteiger charge is -2.29. The van der Waals surface area contributed by atoms with Crippen LogP contribution in [0.4, 0.5) is 17.1 Å². The van der Waals surface area contributed by atoms with Crippen molar-refractivity contribution < 1.29 is 0 Å². The first-order valence-electron chi connectivity index (χ1n) is 22.6. The number of nitrogens with zero attached hydrogens (tertiary/aromatic N) is 1. The van der Waals surface area contributed by atoms with Gasteiger partial charge in [0.2, 0.25) is 0 Å². The zero-order valence-electron chi connectivity index (χ0n) is 36.2. The van der Waals surface area contributed by atoms with Gasteiger partial charge in [-0.25, -0.2) is 0 Å². The van der Waals surface area contributed by atoms with Crippen molar-refractivity contribution in [2.45, 2.75) is 12.3 Å². The van der Waals surface area contributed by atoms with E-state index in [-0.39, 0.29) is 5.41 Å². The van der Waals surface area contributed by atoms with E-state index in [9.17, 15) is 0 Å². The summed E-state index contributed by atoms with van der Waals surface area (Å²) in [5, 5.41) is 4.91. The van der Waals surface area contributed by atoms with Crippen molar-refractivity contribution in [3.63, 3.8) is 0 Å². The minimum absolute atomic E-state index is 0.274. The summed E-state index contributed by atoms with van der Waals surface area (Å²) in [6.45, 7) is 2.40. The average Bonchev–Trinajstić information content (AvgIpc) is 3.66. The number of fused-ring (bicyclic) bond motifs is 5. The molecule has 1 unspecified atom stereocenters. The summed E-state index contributed by atoms with van der Waals surface area (Å²) in [7, 11) is 0. The highest BCUT2D eigenvalue weighted by atomic mass is 15.1. The molecule has 65 heavy (non-hydrogen) atoms. The Bertz CT molecular complexity index is 3510. The van der Waals surface area contributed by atoms with Crippen LogP contribution in [0.3, 0.4) is 0 Å². The van der Waals surface area contributed by atoms with Gasteiger partial charge in [-0.2, -0.15) is 0 Å². The minimum atomic E-state index is -0.274. The van der Waals surface area contributed by atoms with Crippen molar-refractivity contribution in [1.82, 2.24) is 0 Å². The van der Waals surface area contributed by atoms with Crippen LogP contribution in [0.1, 0.15) is 23.6 Å². The summed E-state index contributed by atoms with van der Waals surface area (Å²) < 4.78 is 0. The van der Waals surface area contributed by atoms with Crippen LogP contribution >= 0.6 is 0 Å². The van der Waals surface area contributed by atoms with Crippen molar-refractivity contribution >= 4 is 38.6 Å². The van der Waals surface area contributed by atoms with E-state index in [0.29, 0.717) is 0 Å². The smallest absolute Gasteiger partial charge is 0.0540 e. The molecule has 0 saturated heterocycles. The lowest BCUT2D eigenvalue weighted by atomic mass is 9.74. The Morgan fingerprint density at radius 2 is 0.769 bits per heavy atom. The molecular formula is C64H45N. The summed E-state index contributed by atoms with van der Waals surface area (Å²) in [6.07, 6.45) is 0. The van der Waals surface area contributed by atoms with Crippen molar-refractivity contribution in [3.05, 3.63) is 271 Å². The highest BCUT2D eigenvalue weighted by molar-refractivity contribution is 6.09. The van der Waals surface area contributed by atoms with Crippen LogP contribution in [0.15, 0.2) is 255 Å². The van der Waals surface area contributed by atoms with E-state index in [1.165, 1.54) is 93.9 Å². The third-order valence-corrected chi connectivity index (χ3v) is 13.8. The molecule has 0 spiro atoms. The molecule has 1 aliphatic rings. The molecule has 1 nitrogen and oxygen atoms in total. The lowest BCUT2D eigenvalue weighted by molar-refractivity contribution is 0.714. The Hall–Kier alpha value is -8.26. The van der Waals surface area contributed by atoms with E-state index in [2.05, 4.69) is 267 Å². The summed E-state index contributed by atoms with van der Waals surface area (Å²) >= 11 is 0. The Labute approximate surface area is 381 Å². The van der Waals surface area contributed by atoms with Crippen molar-refractivity contribution in [2.24, 2.45) is 0 Å². The predicted molar refractivity (Wildman–Crippen MR) is 275 cm³/mol. The second-order valence-corrected chi connectivity index (χ2v) is 17.3. The fourth-order valence-corrected chi connectivity index (χ4v) is 10.5. The molecule has 0 bridgehead atoms. The molecule has 1 heteroatoms. The highest BCUT2D eigenvalue weighted by Gasteiger charge is 2.41. The van der Waals surface area contributed by atoms with Gasteiger partial charge in [-0.3, -0.25) is 0 Å². The molecule has 0 heterocycles. The van der Waals surface area contributed by atoms with Gasteiger partial charge in [-0.15, -0.1) is 0 Å². The van der Waals surface area contributed by atoms with Crippen molar-refractivity contribution in [2.75, 3.05) is 4.90 Å². The summed E-state index contributed by atoms with van der Waals surface area (Å²) in [5.41, 5.74) is 19.4. The van der Waals surface area contributed by atoms with Crippen LogP contribution in [-0.2, 0) is 5.41 Å². The standard InChI is InChI=1S/C64H45N/c1-64(50-20-6-3-7-21-50)60-28-13-12-25-59(60)63-58(27-15-29-61(63)64)56-42-43-62(57-24-11-10-23-55(56)57)65(52-40-36-49(37-41-52)54-26-14-19-48-18-8-9-22-53(48)54)51-38-34-47(35-39-51)46-32-30-45(31-33-46)44-16-4-2-5-17-44/h2-43H,1H3. The van der Waals surface area contributed by atoms with Gasteiger partial charge in [0, 0.05) is 22.2 Å². The second kappa shape index (κ2) is 15.8. The number of hydrogen-bond acceptors (Lipinski definition) is 1. The Kier molecular flexibility index (Phi) is 9.35. The number of anilines is 3. The average molecular weight is 828 g/mol. The number of benzene rings is 11. The molecule has 12 rings (SSSR count). The molecule has 0 aromatic heterocycles. The molecule has 11 aromatic carbocycles. The first-order valence-corrected chi connectivity index (χ1v) is 22.6. The number of rotatable bonds is 8. The summed E-state index contributed by atoms with van der Waals surface area (Å²) in [4.78, 5) is 2.43. The molecule has 0 N–H and O–H groups in total. The zero-order valence-corrected chi connectivity index (χ0v) is 36.2. The SMILES string of the molecule is CC1(c2ccccc2)c2ccccc2-c2c(-c3ccc(N(c4ccc(-c5ccc(-c6ccccc6)cc5)cc4)c4ccc(-c5cccc6ccccc56)cc4)c4ccccc34)cccc21. The largest absolute Gasteiger partial charge is 0.310 e. The maximum atomic E-state index is 2.43. The predicted octanol–water partition coefficient (Wildman–Crippen LogP) is 17.5. The third kappa shape index (κ3) is 6.47. The second-order valence-electron chi connectivity index (χ2n) is 17.3. The van der Waals surface area contributed by atoms with Gasteiger partial charge in [-0.05, 0) is 126 Å². The Morgan fingerprint density at radius 1 is 0.292 bits per heavy atom. The van der Waals surface area contributed by atoms with Gasteiger partial charge in [0.05, 0.1) is 5.69 Å². The fourth-order valence-electron chi connectivity index (χ4n) is 10.5. The molecule has 1 aliphatic carbocycles. The monoisotopic (exact) mass is 827 g/mol. The van der Waals surface area contributed by atoms with Gasteiger partial charge in [-0.1, -0.05) is 224 Å². The third-order valence-electron chi connectivity index (χ3n) is 13.8. The van der Waals surface area contributed by atoms with Crippen LogP contribution in [0.2, 0.25) is 0 Å². The lowest BCUT2D eigenvalue weighted by Crippen LogP contribution is -2.22. The van der Waals surface area contributed by atoms with Gasteiger partial charge >= 0.3 is 0 Å². The van der Waals surface area contributed by atoms with Crippen LogP contribution < -0.4 is 4.90 Å². The Balaban J connectivity index is 0.998. The maximum Gasteiger partial charge on any atom is 0.0540 e. The van der Waals surface area contributed by atoms with Gasteiger partial charge in [0.1, 0.15) is 0 Å². The van der Waals surface area contributed by atoms with Crippen molar-refractivity contribution in [3.8, 4) is 55.6 Å². The molecule has 11 aromatic rings. The fraction of sp³-hybridized carbons (Fsp3) is 0.0312. The number of hydrogen-bond donors (Lipinski definition) is 0. The van der Waals surface area contributed by atoms with E-state index in [1.54, 1.807) is 0 Å². The molecule has 0 fully saturated rings. The van der Waals surface area contributed by atoms with Gasteiger partial charge in [0.25, 0.3) is 0 Å².